The minimum absolute atomic E-state index is 0.0442. The Bertz CT molecular complexity index is 743. The Balaban J connectivity index is 2.17. The van der Waals surface area contributed by atoms with Crippen LogP contribution in [0.5, 0.6) is 0 Å². The number of benzene rings is 1. The molecule has 2 heterocycles. The number of imidazole rings is 1. The first-order chi connectivity index (χ1) is 8.65. The van der Waals surface area contributed by atoms with Gasteiger partial charge in [-0.3, -0.25) is 14.8 Å². The highest BCUT2D eigenvalue weighted by Gasteiger charge is 2.12. The average Bonchev–Trinajstić information content (AvgIpc) is 2.92. The molecule has 0 amide bonds. The van der Waals surface area contributed by atoms with E-state index in [1.54, 1.807) is 16.9 Å². The first kappa shape index (κ1) is 10.5. The minimum Gasteiger partial charge on any atom is -0.336 e. The first-order valence-corrected chi connectivity index (χ1v) is 5.28. The molecule has 7 heteroatoms. The number of aromatic amines is 1. The fourth-order valence-electron chi connectivity index (χ4n) is 1.84. The second kappa shape index (κ2) is 3.66. The van der Waals surface area contributed by atoms with E-state index in [2.05, 4.69) is 15.1 Å². The van der Waals surface area contributed by atoms with Gasteiger partial charge in [0.15, 0.2) is 5.82 Å². The molecule has 1 aromatic carbocycles. The molecule has 18 heavy (non-hydrogen) atoms. The molecule has 1 N–H and O–H groups in total. The fourth-order valence-corrected chi connectivity index (χ4v) is 1.84. The van der Waals surface area contributed by atoms with Gasteiger partial charge in [-0.15, -0.1) is 0 Å². The summed E-state index contributed by atoms with van der Waals surface area (Å²) in [4.78, 5) is 17.7. The van der Waals surface area contributed by atoms with Crippen molar-refractivity contribution in [1.29, 1.82) is 0 Å². The van der Waals surface area contributed by atoms with Crippen molar-refractivity contribution in [1.82, 2.24) is 19.7 Å². The third-order valence-electron chi connectivity index (χ3n) is 2.74. The lowest BCUT2D eigenvalue weighted by Crippen LogP contribution is -1.94. The number of nitro groups is 1. The molecule has 90 valence electrons. The molecule has 0 radical (unpaired) electrons. The van der Waals surface area contributed by atoms with E-state index >= 15 is 0 Å². The molecule has 3 aromatic rings. The van der Waals surface area contributed by atoms with Gasteiger partial charge < -0.3 is 4.98 Å². The summed E-state index contributed by atoms with van der Waals surface area (Å²) in [5.74, 6) is 0.644. The lowest BCUT2D eigenvalue weighted by Gasteiger charge is -1.95. The number of non-ortho nitro benzene ring substituents is 1. The molecule has 0 unspecified atom stereocenters. The highest BCUT2D eigenvalue weighted by Crippen LogP contribution is 2.23. The van der Waals surface area contributed by atoms with Crippen LogP contribution in [0.4, 0.5) is 5.69 Å². The van der Waals surface area contributed by atoms with Gasteiger partial charge >= 0.3 is 0 Å². The lowest BCUT2D eigenvalue weighted by atomic mass is 10.3. The van der Waals surface area contributed by atoms with Gasteiger partial charge in [0.05, 0.1) is 16.0 Å². The lowest BCUT2D eigenvalue weighted by molar-refractivity contribution is -0.384. The number of aryl methyl sites for hydroxylation is 1. The number of aromatic nitrogens is 4. The van der Waals surface area contributed by atoms with Gasteiger partial charge in [0.2, 0.25) is 0 Å². The van der Waals surface area contributed by atoms with Crippen LogP contribution in [-0.4, -0.2) is 24.7 Å². The average molecular weight is 243 g/mol. The monoisotopic (exact) mass is 243 g/mol. The summed E-state index contributed by atoms with van der Waals surface area (Å²) in [6.45, 7) is 0. The highest BCUT2D eigenvalue weighted by molar-refractivity contribution is 5.80. The maximum Gasteiger partial charge on any atom is 0.271 e. The van der Waals surface area contributed by atoms with Crippen molar-refractivity contribution in [2.24, 2.45) is 7.05 Å². The fraction of sp³-hybridized carbons (Fsp3) is 0.0909. The van der Waals surface area contributed by atoms with E-state index in [-0.39, 0.29) is 5.69 Å². The third-order valence-corrected chi connectivity index (χ3v) is 2.74. The number of fused-ring (bicyclic) bond motifs is 1. The Kier molecular flexibility index (Phi) is 2.12. The maximum atomic E-state index is 10.7. The number of nitrogens with zero attached hydrogens (tertiary/aromatic N) is 4. The number of rotatable bonds is 2. The van der Waals surface area contributed by atoms with Crippen molar-refractivity contribution in [3.8, 4) is 11.5 Å². The van der Waals surface area contributed by atoms with E-state index in [1.165, 1.54) is 12.1 Å². The number of hydrogen-bond acceptors (Lipinski definition) is 4. The summed E-state index contributed by atoms with van der Waals surface area (Å²) in [6, 6.07) is 6.37. The molecule has 0 fully saturated rings. The zero-order valence-corrected chi connectivity index (χ0v) is 9.49. The number of nitro benzene ring substituents is 1. The quantitative estimate of drug-likeness (QED) is 0.549. The number of hydrogen-bond donors (Lipinski definition) is 1. The van der Waals surface area contributed by atoms with Crippen LogP contribution >= 0.6 is 0 Å². The molecule has 0 aliphatic carbocycles. The van der Waals surface area contributed by atoms with E-state index in [0.717, 1.165) is 5.69 Å². The minimum atomic E-state index is -0.427. The van der Waals surface area contributed by atoms with E-state index in [9.17, 15) is 10.1 Å². The summed E-state index contributed by atoms with van der Waals surface area (Å²) >= 11 is 0. The molecule has 0 saturated carbocycles. The van der Waals surface area contributed by atoms with Gasteiger partial charge in [0, 0.05) is 25.4 Å². The molecule has 0 spiro atoms. The summed E-state index contributed by atoms with van der Waals surface area (Å²) in [5.41, 5.74) is 2.20. The molecule has 0 atom stereocenters. The molecule has 0 aliphatic rings. The summed E-state index contributed by atoms with van der Waals surface area (Å²) in [5, 5.41) is 14.7. The third kappa shape index (κ3) is 1.53. The number of H-pyrrole nitrogens is 1. The molecular formula is C11H9N5O2. The largest absolute Gasteiger partial charge is 0.336 e. The van der Waals surface area contributed by atoms with Gasteiger partial charge in [-0.05, 0) is 12.1 Å². The van der Waals surface area contributed by atoms with Crippen LogP contribution in [0.1, 0.15) is 0 Å². The van der Waals surface area contributed by atoms with Crippen molar-refractivity contribution in [2.45, 2.75) is 0 Å². The van der Waals surface area contributed by atoms with Crippen molar-refractivity contribution in [3.05, 3.63) is 40.6 Å². The Labute approximate surface area is 101 Å². The van der Waals surface area contributed by atoms with Crippen LogP contribution in [0.25, 0.3) is 22.6 Å². The molecule has 2 aromatic heterocycles. The zero-order chi connectivity index (χ0) is 12.7. The van der Waals surface area contributed by atoms with Gasteiger partial charge in [-0.25, -0.2) is 4.98 Å². The summed E-state index contributed by atoms with van der Waals surface area (Å²) < 4.78 is 1.69. The Morgan fingerprint density at radius 2 is 2.22 bits per heavy atom. The summed E-state index contributed by atoms with van der Waals surface area (Å²) in [6.07, 6.45) is 1.67. The van der Waals surface area contributed by atoms with Crippen LogP contribution in [0, 0.1) is 10.1 Å². The normalized spacial score (nSPS) is 10.9. The van der Waals surface area contributed by atoms with Crippen molar-refractivity contribution in [3.63, 3.8) is 0 Å². The predicted molar refractivity (Wildman–Crippen MR) is 65.0 cm³/mol. The van der Waals surface area contributed by atoms with E-state index in [0.29, 0.717) is 16.9 Å². The van der Waals surface area contributed by atoms with Gasteiger partial charge in [-0.1, -0.05) is 0 Å². The SMILES string of the molecule is Cn1nccc1-c1nc2ccc([N+](=O)[O-])cc2[nH]1. The Morgan fingerprint density at radius 3 is 2.89 bits per heavy atom. The first-order valence-electron chi connectivity index (χ1n) is 5.28. The zero-order valence-electron chi connectivity index (χ0n) is 9.49. The van der Waals surface area contributed by atoms with Crippen LogP contribution in [0.15, 0.2) is 30.5 Å². The van der Waals surface area contributed by atoms with Crippen LogP contribution < -0.4 is 0 Å². The standard InChI is InChI=1S/C11H9N5O2/c1-15-10(4-5-12-15)11-13-8-3-2-7(16(17)18)6-9(8)14-11/h2-6H,1H3,(H,13,14). The molecule has 0 aliphatic heterocycles. The molecular weight excluding hydrogens is 234 g/mol. The van der Waals surface area contributed by atoms with Crippen LogP contribution in [0.3, 0.4) is 0 Å². The topological polar surface area (TPSA) is 89.6 Å². The second-order valence-corrected chi connectivity index (χ2v) is 3.88. The molecule has 7 nitrogen and oxygen atoms in total. The van der Waals surface area contributed by atoms with Crippen LogP contribution in [-0.2, 0) is 7.05 Å². The smallest absolute Gasteiger partial charge is 0.271 e. The van der Waals surface area contributed by atoms with Crippen molar-refractivity contribution >= 4 is 16.7 Å². The Morgan fingerprint density at radius 1 is 1.39 bits per heavy atom. The van der Waals surface area contributed by atoms with Crippen LogP contribution in [0.2, 0.25) is 0 Å². The van der Waals surface area contributed by atoms with Gasteiger partial charge in [0.1, 0.15) is 5.69 Å². The molecule has 0 bridgehead atoms. The van der Waals surface area contributed by atoms with E-state index < -0.39 is 4.92 Å². The highest BCUT2D eigenvalue weighted by atomic mass is 16.6. The predicted octanol–water partition coefficient (Wildman–Crippen LogP) is 1.87. The molecule has 0 saturated heterocycles. The molecule has 3 rings (SSSR count). The van der Waals surface area contributed by atoms with Gasteiger partial charge in [-0.2, -0.15) is 5.10 Å². The summed E-state index contributed by atoms with van der Waals surface area (Å²) in [7, 11) is 1.81. The maximum absolute atomic E-state index is 10.7. The van der Waals surface area contributed by atoms with E-state index in [4.69, 9.17) is 0 Å². The number of nitrogens with one attached hydrogen (secondary N) is 1. The Hall–Kier alpha value is -2.70. The van der Waals surface area contributed by atoms with Crippen molar-refractivity contribution < 1.29 is 4.92 Å². The van der Waals surface area contributed by atoms with Gasteiger partial charge in [0.25, 0.3) is 5.69 Å². The van der Waals surface area contributed by atoms with E-state index in [1.807, 2.05) is 13.1 Å². The van der Waals surface area contributed by atoms with Crippen molar-refractivity contribution in [2.75, 3.05) is 0 Å². The second-order valence-electron chi connectivity index (χ2n) is 3.88.